The number of amides is 1. The SMILES string of the molecule is CCCOc1cccc2cc(NC(=O)c3ccc(N=Nc4cc(OCCCS(=O)(=O)O)c(N=Nc5cc(OC)c(N=Nc6ccc7cc(Nc8ccccc8)ccc7c6O)cc5C)cc4C)cc3)ccc12. The largest absolute Gasteiger partial charge is 0.505 e. The van der Waals surface area contributed by atoms with Crippen molar-refractivity contribution in [3.05, 3.63) is 162 Å². The smallest absolute Gasteiger partial charge is 0.264 e. The topological polar surface area (TPSA) is 218 Å². The van der Waals surface area contributed by atoms with Gasteiger partial charge in [-0.05, 0) is 146 Å². The van der Waals surface area contributed by atoms with Crippen LogP contribution in [0.1, 0.15) is 41.3 Å². The Morgan fingerprint density at radius 1 is 0.577 bits per heavy atom. The molecule has 8 aromatic carbocycles. The number of phenolic OH excluding ortho intramolecular Hbond substituents is 1. The molecule has 4 N–H and O–H groups in total. The summed E-state index contributed by atoms with van der Waals surface area (Å²) < 4.78 is 49.7. The molecule has 0 unspecified atom stereocenters. The van der Waals surface area contributed by atoms with Crippen molar-refractivity contribution in [1.82, 2.24) is 0 Å². The summed E-state index contributed by atoms with van der Waals surface area (Å²) in [6.07, 6.45) is 0.906. The van der Waals surface area contributed by atoms with Gasteiger partial charge < -0.3 is 30.0 Å². The van der Waals surface area contributed by atoms with E-state index in [0.717, 1.165) is 39.7 Å². The van der Waals surface area contributed by atoms with Crippen molar-refractivity contribution in [1.29, 1.82) is 0 Å². The fourth-order valence-corrected chi connectivity index (χ4v) is 7.91. The van der Waals surface area contributed by atoms with E-state index < -0.39 is 15.9 Å². The number of nitrogens with one attached hydrogen (secondary N) is 2. The predicted octanol–water partition coefficient (Wildman–Crippen LogP) is 15.0. The molecule has 1 amide bonds. The van der Waals surface area contributed by atoms with Crippen molar-refractivity contribution in [3.8, 4) is 23.0 Å². The molecule has 16 nitrogen and oxygen atoms in total. The number of para-hydroxylation sites is 1. The molecule has 0 aliphatic rings. The van der Waals surface area contributed by atoms with Crippen LogP contribution in [0.25, 0.3) is 21.5 Å². The second-order valence-corrected chi connectivity index (χ2v) is 18.0. The molecule has 17 heteroatoms. The van der Waals surface area contributed by atoms with Crippen molar-refractivity contribution >= 4 is 88.8 Å². The Bertz CT molecular complexity index is 3440. The number of azo groups is 3. The zero-order valence-corrected chi connectivity index (χ0v) is 40.1. The van der Waals surface area contributed by atoms with E-state index in [2.05, 4.69) is 48.2 Å². The van der Waals surface area contributed by atoms with Crippen molar-refractivity contribution < 1.29 is 37.1 Å². The third-order valence-corrected chi connectivity index (χ3v) is 11.9. The molecule has 0 aliphatic carbocycles. The number of nitrogens with zero attached hydrogens (tertiary/aromatic N) is 6. The van der Waals surface area contributed by atoms with Crippen LogP contribution in [0.2, 0.25) is 0 Å². The summed E-state index contributed by atoms with van der Waals surface area (Å²) in [7, 11) is -2.72. The minimum absolute atomic E-state index is 0.00629. The minimum Gasteiger partial charge on any atom is -0.505 e. The first-order valence-corrected chi connectivity index (χ1v) is 24.3. The van der Waals surface area contributed by atoms with Crippen molar-refractivity contribution in [2.45, 2.75) is 33.6 Å². The van der Waals surface area contributed by atoms with Gasteiger partial charge in [-0.15, -0.1) is 15.3 Å². The summed E-state index contributed by atoms with van der Waals surface area (Å²) in [5.74, 6) is 0.590. The molecule has 0 saturated heterocycles. The maximum absolute atomic E-state index is 13.2. The molecule has 0 radical (unpaired) electrons. The Hall–Kier alpha value is -8.54. The van der Waals surface area contributed by atoms with Crippen molar-refractivity contribution in [2.24, 2.45) is 30.7 Å². The van der Waals surface area contributed by atoms with Crippen LogP contribution in [0.4, 0.5) is 51.2 Å². The Morgan fingerprint density at radius 3 is 1.92 bits per heavy atom. The first kappa shape index (κ1) is 48.9. The fourth-order valence-electron chi connectivity index (χ4n) is 7.43. The average Bonchev–Trinajstić information content (AvgIpc) is 3.36. The molecule has 8 aromatic rings. The third-order valence-electron chi connectivity index (χ3n) is 11.1. The van der Waals surface area contributed by atoms with Crippen LogP contribution in [-0.2, 0) is 10.1 Å². The van der Waals surface area contributed by atoms with E-state index in [4.69, 9.17) is 14.2 Å². The lowest BCUT2D eigenvalue weighted by Crippen LogP contribution is -2.11. The number of ether oxygens (including phenoxy) is 3. The lowest BCUT2D eigenvalue weighted by molar-refractivity contribution is 0.102. The van der Waals surface area contributed by atoms with E-state index in [9.17, 15) is 22.9 Å². The third kappa shape index (κ3) is 12.6. The van der Waals surface area contributed by atoms with Gasteiger partial charge in [0, 0.05) is 45.5 Å². The molecular formula is C54H50N8O8S. The number of carbonyl (C=O) groups excluding carboxylic acids is 1. The second-order valence-electron chi connectivity index (χ2n) is 16.4. The van der Waals surface area contributed by atoms with Crippen LogP contribution in [0.5, 0.6) is 23.0 Å². The molecule has 0 bridgehead atoms. The number of carbonyl (C=O) groups is 1. The lowest BCUT2D eigenvalue weighted by Gasteiger charge is -2.11. The Balaban J connectivity index is 0.973. The van der Waals surface area contributed by atoms with Crippen LogP contribution in [0.15, 0.2) is 176 Å². The number of aromatic hydroxyl groups is 1. The van der Waals surface area contributed by atoms with Crippen molar-refractivity contribution in [3.63, 3.8) is 0 Å². The van der Waals surface area contributed by atoms with Gasteiger partial charge in [0.15, 0.2) is 5.75 Å². The summed E-state index contributed by atoms with van der Waals surface area (Å²) >= 11 is 0. The molecule has 0 saturated carbocycles. The van der Waals surface area contributed by atoms with E-state index in [0.29, 0.717) is 68.6 Å². The number of methoxy groups -OCH3 is 1. The zero-order chi connectivity index (χ0) is 49.9. The number of rotatable bonds is 19. The van der Waals surface area contributed by atoms with Crippen molar-refractivity contribution in [2.75, 3.05) is 36.7 Å². The zero-order valence-electron chi connectivity index (χ0n) is 39.3. The molecule has 0 atom stereocenters. The van der Waals surface area contributed by atoms with Gasteiger partial charge in [-0.2, -0.15) is 23.8 Å². The van der Waals surface area contributed by atoms with Crippen LogP contribution >= 0.6 is 0 Å². The highest BCUT2D eigenvalue weighted by molar-refractivity contribution is 7.85. The first-order valence-electron chi connectivity index (χ1n) is 22.7. The van der Waals surface area contributed by atoms with Gasteiger partial charge in [-0.3, -0.25) is 9.35 Å². The maximum atomic E-state index is 13.2. The van der Waals surface area contributed by atoms with Gasteiger partial charge in [-0.25, -0.2) is 0 Å². The highest BCUT2D eigenvalue weighted by atomic mass is 32.2. The molecule has 360 valence electrons. The quantitative estimate of drug-likeness (QED) is 0.0344. The number of phenols is 1. The Labute approximate surface area is 410 Å². The normalized spacial score (nSPS) is 11.8. The number of hydrogen-bond acceptors (Lipinski definition) is 14. The van der Waals surface area contributed by atoms with Gasteiger partial charge in [0.1, 0.15) is 34.3 Å². The predicted molar refractivity (Wildman–Crippen MR) is 277 cm³/mol. The minimum atomic E-state index is -4.21. The van der Waals surface area contributed by atoms with Crippen LogP contribution in [-0.4, -0.2) is 50.1 Å². The van der Waals surface area contributed by atoms with E-state index in [1.807, 2.05) is 105 Å². The number of hydrogen-bond donors (Lipinski definition) is 4. The highest BCUT2D eigenvalue weighted by Crippen LogP contribution is 2.42. The molecule has 0 aliphatic heterocycles. The summed E-state index contributed by atoms with van der Waals surface area (Å²) in [6.45, 7) is 6.25. The van der Waals surface area contributed by atoms with Crippen LogP contribution in [0, 0.1) is 13.8 Å². The lowest BCUT2D eigenvalue weighted by atomic mass is 10.1. The molecular weight excluding hydrogens is 921 g/mol. The summed E-state index contributed by atoms with van der Waals surface area (Å²) in [5, 5.41) is 47.5. The summed E-state index contributed by atoms with van der Waals surface area (Å²) in [4.78, 5) is 13.2. The number of fused-ring (bicyclic) bond motifs is 2. The monoisotopic (exact) mass is 970 g/mol. The number of anilines is 3. The second kappa shape index (κ2) is 22.3. The van der Waals surface area contributed by atoms with Crippen LogP contribution in [0.3, 0.4) is 0 Å². The van der Waals surface area contributed by atoms with Gasteiger partial charge in [-0.1, -0.05) is 43.3 Å². The van der Waals surface area contributed by atoms with E-state index >= 15 is 0 Å². The molecule has 71 heavy (non-hydrogen) atoms. The molecule has 8 rings (SSSR count). The first-order chi connectivity index (χ1) is 34.3. The molecule has 0 heterocycles. The fraction of sp³-hybridized carbons (Fsp3) is 0.167. The summed E-state index contributed by atoms with van der Waals surface area (Å²) in [5.41, 5.74) is 6.61. The van der Waals surface area contributed by atoms with Gasteiger partial charge in [0.2, 0.25) is 0 Å². The van der Waals surface area contributed by atoms with E-state index in [1.54, 1.807) is 54.6 Å². The van der Waals surface area contributed by atoms with Gasteiger partial charge in [0.05, 0.1) is 43.1 Å². The Kier molecular flexibility index (Phi) is 15.3. The van der Waals surface area contributed by atoms with Crippen LogP contribution < -0.4 is 24.8 Å². The molecule has 0 aromatic heterocycles. The number of benzene rings is 8. The average molecular weight is 971 g/mol. The standard InChI is InChI=1S/C54H50N8O8S/c1-5-25-69-50-14-9-11-37-30-42(20-22-43(37)50)56-54(64)36-15-18-40(19-16-36)57-59-47-33-52(70-26-10-27-71(65,66)67)49(29-35(47)3)62-60-46-32-51(68-4)48(28-34(46)2)61-58-45-24-17-38-31-41(21-23-44(38)53(45)63)55-39-12-7-6-8-13-39/h6-9,11-24,28-33,55,63H,5,10,25-27H2,1-4H3,(H,56,64)(H,65,66,67). The maximum Gasteiger partial charge on any atom is 0.264 e. The van der Waals surface area contributed by atoms with E-state index in [-0.39, 0.29) is 36.1 Å². The summed E-state index contributed by atoms with van der Waals surface area (Å²) in [6, 6.07) is 43.9. The highest BCUT2D eigenvalue weighted by Gasteiger charge is 2.15. The van der Waals surface area contributed by atoms with E-state index in [1.165, 1.54) is 7.11 Å². The number of aryl methyl sites for hydroxylation is 2. The van der Waals surface area contributed by atoms with Gasteiger partial charge >= 0.3 is 0 Å². The molecule has 0 spiro atoms. The molecule has 0 fully saturated rings. The Morgan fingerprint density at radius 2 is 1.20 bits per heavy atom. The van der Waals surface area contributed by atoms with Gasteiger partial charge in [0.25, 0.3) is 16.0 Å².